The fourth-order valence-corrected chi connectivity index (χ4v) is 6.55. The highest BCUT2D eigenvalue weighted by Gasteiger charge is 2.36. The van der Waals surface area contributed by atoms with Crippen LogP contribution >= 0.6 is 0 Å². The van der Waals surface area contributed by atoms with E-state index in [1.165, 1.54) is 22.3 Å². The summed E-state index contributed by atoms with van der Waals surface area (Å²) in [4.78, 5) is 12.3. The van der Waals surface area contributed by atoms with Gasteiger partial charge in [0.05, 0.1) is 139 Å². The number of amides is 1. The van der Waals surface area contributed by atoms with Gasteiger partial charge in [-0.05, 0) is 40.4 Å². The van der Waals surface area contributed by atoms with E-state index in [1.807, 2.05) is 24.3 Å². The molecule has 58 heavy (non-hydrogen) atoms. The summed E-state index contributed by atoms with van der Waals surface area (Å²) in [6.07, 6.45) is -0.452. The van der Waals surface area contributed by atoms with Crippen molar-refractivity contribution < 1.29 is 61.3 Å². The summed E-state index contributed by atoms with van der Waals surface area (Å²) in [5.41, 5.74) is 4.77. The average molecular weight is 838 g/mol. The minimum atomic E-state index is -1.71. The normalized spacial score (nSPS) is 12.8. The molecule has 14 nitrogen and oxygen atoms in total. The molecule has 0 aromatic heterocycles. The first-order valence-electron chi connectivity index (χ1n) is 20.7. The number of benzene rings is 2. The molecule has 0 saturated carbocycles. The number of fused-ring (bicyclic) bond motifs is 3. The lowest BCUT2D eigenvalue weighted by Gasteiger charge is -2.36. The van der Waals surface area contributed by atoms with Crippen molar-refractivity contribution in [1.82, 2.24) is 5.32 Å². The van der Waals surface area contributed by atoms with Gasteiger partial charge < -0.3 is 61.8 Å². The van der Waals surface area contributed by atoms with Crippen LogP contribution in [0.1, 0.15) is 37.8 Å². The van der Waals surface area contributed by atoms with Crippen LogP contribution in [0.15, 0.2) is 48.5 Å². The molecule has 1 aliphatic rings. The number of nitrogens with one attached hydrogen (secondary N) is 1. The van der Waals surface area contributed by atoms with Crippen molar-refractivity contribution in [3.05, 3.63) is 59.7 Å². The summed E-state index contributed by atoms with van der Waals surface area (Å²) in [6, 6.07) is 16.5. The van der Waals surface area contributed by atoms with E-state index in [2.05, 4.69) is 63.4 Å². The molecule has 3 rings (SSSR count). The zero-order valence-electron chi connectivity index (χ0n) is 35.8. The van der Waals surface area contributed by atoms with Gasteiger partial charge in [0.15, 0.2) is 8.32 Å². The maximum atomic E-state index is 12.3. The van der Waals surface area contributed by atoms with Crippen molar-refractivity contribution in [2.24, 2.45) is 0 Å². The zero-order chi connectivity index (χ0) is 41.6. The van der Waals surface area contributed by atoms with Crippen molar-refractivity contribution in [2.45, 2.75) is 44.8 Å². The van der Waals surface area contributed by atoms with Crippen LogP contribution in [0.2, 0.25) is 18.1 Å². The molecule has 0 bridgehead atoms. The monoisotopic (exact) mass is 837 g/mol. The molecule has 0 aliphatic heterocycles. The molecule has 15 heteroatoms. The standard InChI is InChI=1S/C43H71NO13Si/c1-43(2,3)58(4,5)57-35-34-55-33-32-54-31-30-53-29-28-52-27-26-51-25-24-50-23-22-49-21-20-48-19-18-47-17-16-46-15-14-44-42(45)56-36-41-39-12-8-6-10-37(39)38-11-7-9-13-40(38)41/h6-13,41H,14-36H2,1-5H3,(H,44,45). The third-order valence-electron chi connectivity index (χ3n) is 9.70. The molecule has 0 unspecified atom stereocenters. The van der Waals surface area contributed by atoms with Crippen molar-refractivity contribution in [3.63, 3.8) is 0 Å². The van der Waals surface area contributed by atoms with E-state index in [9.17, 15) is 4.79 Å². The fraction of sp³-hybridized carbons (Fsp3) is 0.698. The van der Waals surface area contributed by atoms with E-state index in [0.717, 1.165) is 0 Å². The number of hydrogen-bond acceptors (Lipinski definition) is 13. The Bertz CT molecular complexity index is 1300. The van der Waals surface area contributed by atoms with Crippen LogP contribution in [0, 0.1) is 0 Å². The Morgan fingerprint density at radius 1 is 0.500 bits per heavy atom. The van der Waals surface area contributed by atoms with E-state index in [1.54, 1.807) is 0 Å². The molecule has 1 N–H and O–H groups in total. The van der Waals surface area contributed by atoms with Crippen LogP contribution in [0.5, 0.6) is 0 Å². The lowest BCUT2D eigenvalue weighted by Crippen LogP contribution is -2.41. The molecule has 0 saturated heterocycles. The Hall–Kier alpha value is -2.51. The first kappa shape index (κ1) is 49.8. The second-order valence-corrected chi connectivity index (χ2v) is 19.8. The van der Waals surface area contributed by atoms with Gasteiger partial charge in [-0.15, -0.1) is 0 Å². The number of hydrogen-bond donors (Lipinski definition) is 1. The Kier molecular flexibility index (Phi) is 26.2. The van der Waals surface area contributed by atoms with Crippen LogP contribution in [0.3, 0.4) is 0 Å². The van der Waals surface area contributed by atoms with Gasteiger partial charge in [-0.1, -0.05) is 69.3 Å². The summed E-state index contributed by atoms with van der Waals surface area (Å²) < 4.78 is 66.9. The smallest absolute Gasteiger partial charge is 0.407 e. The molecule has 0 spiro atoms. The number of carbonyl (C=O) groups excluding carboxylic acids is 1. The van der Waals surface area contributed by atoms with Gasteiger partial charge >= 0.3 is 6.09 Å². The van der Waals surface area contributed by atoms with Gasteiger partial charge in [-0.3, -0.25) is 0 Å². The molecule has 2 aromatic rings. The van der Waals surface area contributed by atoms with Crippen molar-refractivity contribution in [1.29, 1.82) is 0 Å². The van der Waals surface area contributed by atoms with Crippen molar-refractivity contribution in [2.75, 3.05) is 152 Å². The Morgan fingerprint density at radius 3 is 1.16 bits per heavy atom. The molecule has 330 valence electrons. The predicted octanol–water partition coefficient (Wildman–Crippen LogP) is 5.71. The van der Waals surface area contributed by atoms with Crippen molar-refractivity contribution >= 4 is 14.4 Å². The number of alkyl carbamates (subject to hydrolysis) is 1. The van der Waals surface area contributed by atoms with Gasteiger partial charge in [0, 0.05) is 12.5 Å². The Balaban J connectivity index is 0.943. The largest absolute Gasteiger partial charge is 0.449 e. The van der Waals surface area contributed by atoms with Gasteiger partial charge in [-0.2, -0.15) is 0 Å². The lowest BCUT2D eigenvalue weighted by molar-refractivity contribution is -0.0267. The molecule has 0 atom stereocenters. The van der Waals surface area contributed by atoms with Crippen molar-refractivity contribution in [3.8, 4) is 11.1 Å². The summed E-state index contributed by atoms with van der Waals surface area (Å²) in [5, 5.41) is 2.96. The predicted molar refractivity (Wildman–Crippen MR) is 224 cm³/mol. The maximum Gasteiger partial charge on any atom is 0.407 e. The summed E-state index contributed by atoms with van der Waals surface area (Å²) in [6.45, 7) is 22.3. The molecule has 0 radical (unpaired) electrons. The highest BCUT2D eigenvalue weighted by molar-refractivity contribution is 6.74. The third kappa shape index (κ3) is 21.1. The number of carbonyl (C=O) groups is 1. The number of ether oxygens (including phenoxy) is 11. The summed E-state index contributed by atoms with van der Waals surface area (Å²) >= 11 is 0. The van der Waals surface area contributed by atoms with Gasteiger partial charge in [0.25, 0.3) is 0 Å². The van der Waals surface area contributed by atoms with Crippen LogP contribution in [0.25, 0.3) is 11.1 Å². The van der Waals surface area contributed by atoms with E-state index in [-0.39, 0.29) is 17.6 Å². The lowest BCUT2D eigenvalue weighted by atomic mass is 9.98. The summed E-state index contributed by atoms with van der Waals surface area (Å²) in [7, 11) is -1.71. The van der Waals surface area contributed by atoms with E-state index < -0.39 is 14.4 Å². The van der Waals surface area contributed by atoms with E-state index in [4.69, 9.17) is 56.5 Å². The molecule has 0 fully saturated rings. The molecule has 0 heterocycles. The van der Waals surface area contributed by atoms with Crippen LogP contribution in [-0.2, 0) is 56.5 Å². The van der Waals surface area contributed by atoms with Crippen LogP contribution in [-0.4, -0.2) is 166 Å². The molecule has 2 aromatic carbocycles. The summed E-state index contributed by atoms with van der Waals surface area (Å²) in [5.74, 6) is 0.0364. The first-order chi connectivity index (χ1) is 28.2. The second kappa shape index (κ2) is 30.5. The highest BCUT2D eigenvalue weighted by Crippen LogP contribution is 2.44. The number of rotatable bonds is 36. The molecular weight excluding hydrogens is 767 g/mol. The minimum absolute atomic E-state index is 0.0364. The second-order valence-electron chi connectivity index (χ2n) is 15.0. The quantitative estimate of drug-likeness (QED) is 0.0663. The van der Waals surface area contributed by atoms with Gasteiger partial charge in [-0.25, -0.2) is 4.79 Å². The van der Waals surface area contributed by atoms with E-state index >= 15 is 0 Å². The molecular formula is C43H71NO13Si. The van der Waals surface area contributed by atoms with Crippen LogP contribution < -0.4 is 5.32 Å². The molecule has 1 amide bonds. The zero-order valence-corrected chi connectivity index (χ0v) is 36.8. The highest BCUT2D eigenvalue weighted by atomic mass is 28.4. The molecule has 1 aliphatic carbocycles. The van der Waals surface area contributed by atoms with Gasteiger partial charge in [0.1, 0.15) is 6.61 Å². The average Bonchev–Trinajstić information content (AvgIpc) is 3.53. The third-order valence-corrected chi connectivity index (χ3v) is 14.2. The van der Waals surface area contributed by atoms with Crippen LogP contribution in [0.4, 0.5) is 4.79 Å². The van der Waals surface area contributed by atoms with Gasteiger partial charge in [0.2, 0.25) is 0 Å². The Morgan fingerprint density at radius 2 is 0.810 bits per heavy atom. The van der Waals surface area contributed by atoms with E-state index in [0.29, 0.717) is 145 Å². The fourth-order valence-electron chi connectivity index (χ4n) is 5.53. The first-order valence-corrected chi connectivity index (χ1v) is 23.6. The SMILES string of the molecule is CC(C)(C)[Si](C)(C)OCCOCCOCCOCCOCCOCCOCCOCCOCCOCCOCCNC(=O)OCC1c2ccccc2-c2ccccc21. The maximum absolute atomic E-state index is 12.3. The topological polar surface area (TPSA) is 140 Å². The Labute approximate surface area is 347 Å². The minimum Gasteiger partial charge on any atom is -0.449 e.